The molecule has 0 radical (unpaired) electrons. The number of anilines is 1. The molecule has 26 heavy (non-hydrogen) atoms. The van der Waals surface area contributed by atoms with Crippen LogP contribution in [-0.2, 0) is 11.3 Å². The number of aromatic nitrogens is 4. The van der Waals surface area contributed by atoms with E-state index in [0.29, 0.717) is 24.1 Å². The largest absolute Gasteiger partial charge is 0.384 e. The number of likely N-dealkylation sites (tertiary alicyclic amines) is 1. The standard InChI is InChI=1S/C18H20N6O2/c1-12-10-15(19)24(21-12)11-16(25)23-9-5-8-14(23)18-20-17(22-26-18)13-6-3-2-4-7-13/h2-4,6-7,10,14H,5,8-9,11,19H2,1H3/t14-/m0/s1. The van der Waals surface area contributed by atoms with Crippen molar-refractivity contribution >= 4 is 11.7 Å². The zero-order valence-corrected chi connectivity index (χ0v) is 14.5. The highest BCUT2D eigenvalue weighted by atomic mass is 16.5. The number of carbonyl (C=O) groups is 1. The van der Waals surface area contributed by atoms with Gasteiger partial charge in [0.25, 0.3) is 0 Å². The van der Waals surface area contributed by atoms with Crippen LogP contribution in [0.15, 0.2) is 40.9 Å². The van der Waals surface area contributed by atoms with Crippen LogP contribution in [-0.4, -0.2) is 37.3 Å². The number of hydrogen-bond donors (Lipinski definition) is 1. The van der Waals surface area contributed by atoms with E-state index >= 15 is 0 Å². The summed E-state index contributed by atoms with van der Waals surface area (Å²) in [6.45, 7) is 2.61. The minimum atomic E-state index is -0.203. The molecule has 4 rings (SSSR count). The Labute approximate surface area is 150 Å². The fourth-order valence-corrected chi connectivity index (χ4v) is 3.31. The summed E-state index contributed by atoms with van der Waals surface area (Å²) in [7, 11) is 0. The van der Waals surface area contributed by atoms with E-state index in [2.05, 4.69) is 15.2 Å². The van der Waals surface area contributed by atoms with Gasteiger partial charge in [0, 0.05) is 18.2 Å². The molecular formula is C18H20N6O2. The predicted octanol–water partition coefficient (Wildman–Crippen LogP) is 2.19. The molecule has 3 aromatic rings. The summed E-state index contributed by atoms with van der Waals surface area (Å²) in [5.41, 5.74) is 7.57. The van der Waals surface area contributed by atoms with Crippen molar-refractivity contribution in [2.45, 2.75) is 32.4 Å². The molecule has 1 atom stereocenters. The Balaban J connectivity index is 1.52. The Morgan fingerprint density at radius 2 is 2.15 bits per heavy atom. The van der Waals surface area contributed by atoms with E-state index in [1.54, 1.807) is 11.0 Å². The average molecular weight is 352 g/mol. The number of aryl methyl sites for hydroxylation is 1. The van der Waals surface area contributed by atoms with Crippen molar-refractivity contribution in [3.63, 3.8) is 0 Å². The lowest BCUT2D eigenvalue weighted by Gasteiger charge is -2.22. The lowest BCUT2D eigenvalue weighted by atomic mass is 10.2. The minimum absolute atomic E-state index is 0.0539. The SMILES string of the molecule is Cc1cc(N)n(CC(=O)N2CCC[C@H]2c2nc(-c3ccccc3)no2)n1. The maximum absolute atomic E-state index is 12.8. The van der Waals surface area contributed by atoms with E-state index < -0.39 is 0 Å². The quantitative estimate of drug-likeness (QED) is 0.772. The van der Waals surface area contributed by atoms with Gasteiger partial charge in [-0.3, -0.25) is 4.79 Å². The van der Waals surface area contributed by atoms with Gasteiger partial charge in [0.05, 0.1) is 5.69 Å². The number of carbonyl (C=O) groups excluding carboxylic acids is 1. The molecule has 1 saturated heterocycles. The van der Waals surface area contributed by atoms with E-state index in [4.69, 9.17) is 10.3 Å². The van der Waals surface area contributed by atoms with Gasteiger partial charge < -0.3 is 15.2 Å². The first-order chi connectivity index (χ1) is 12.6. The molecule has 0 spiro atoms. The van der Waals surface area contributed by atoms with Gasteiger partial charge in [0.15, 0.2) is 0 Å². The molecule has 3 heterocycles. The lowest BCUT2D eigenvalue weighted by molar-refractivity contribution is -0.133. The molecule has 1 fully saturated rings. The van der Waals surface area contributed by atoms with Gasteiger partial charge in [-0.05, 0) is 19.8 Å². The van der Waals surface area contributed by atoms with Gasteiger partial charge in [0.2, 0.25) is 17.6 Å². The molecule has 0 bridgehead atoms. The molecule has 0 saturated carbocycles. The topological polar surface area (TPSA) is 103 Å². The second-order valence-electron chi connectivity index (χ2n) is 6.44. The second-order valence-corrected chi connectivity index (χ2v) is 6.44. The molecule has 8 heteroatoms. The molecule has 8 nitrogen and oxygen atoms in total. The molecule has 0 unspecified atom stereocenters. The highest BCUT2D eigenvalue weighted by molar-refractivity contribution is 5.77. The predicted molar refractivity (Wildman–Crippen MR) is 94.8 cm³/mol. The van der Waals surface area contributed by atoms with Crippen LogP contribution in [0.5, 0.6) is 0 Å². The summed E-state index contributed by atoms with van der Waals surface area (Å²) in [6.07, 6.45) is 1.70. The summed E-state index contributed by atoms with van der Waals surface area (Å²) in [5, 5.41) is 8.32. The van der Waals surface area contributed by atoms with Crippen molar-refractivity contribution in [2.75, 3.05) is 12.3 Å². The Bertz CT molecular complexity index is 917. The Morgan fingerprint density at radius 3 is 2.88 bits per heavy atom. The molecule has 1 aliphatic rings. The fourth-order valence-electron chi connectivity index (χ4n) is 3.31. The van der Waals surface area contributed by atoms with Crippen LogP contribution in [0.25, 0.3) is 11.4 Å². The van der Waals surface area contributed by atoms with Crippen molar-refractivity contribution < 1.29 is 9.32 Å². The van der Waals surface area contributed by atoms with Crippen LogP contribution in [0, 0.1) is 6.92 Å². The van der Waals surface area contributed by atoms with Crippen LogP contribution in [0.3, 0.4) is 0 Å². The summed E-state index contributed by atoms with van der Waals surface area (Å²) in [5.74, 6) is 1.43. The summed E-state index contributed by atoms with van der Waals surface area (Å²) < 4.78 is 6.98. The maximum Gasteiger partial charge on any atom is 0.249 e. The third kappa shape index (κ3) is 3.05. The average Bonchev–Trinajstić information content (AvgIpc) is 3.35. The van der Waals surface area contributed by atoms with Crippen LogP contribution < -0.4 is 5.73 Å². The van der Waals surface area contributed by atoms with Crippen LogP contribution in [0.2, 0.25) is 0 Å². The number of nitrogens with zero attached hydrogens (tertiary/aromatic N) is 5. The first-order valence-electron chi connectivity index (χ1n) is 8.60. The Hall–Kier alpha value is -3.16. The number of rotatable bonds is 4. The zero-order chi connectivity index (χ0) is 18.1. The van der Waals surface area contributed by atoms with Gasteiger partial charge in [-0.25, -0.2) is 4.68 Å². The van der Waals surface area contributed by atoms with Gasteiger partial charge in [0.1, 0.15) is 18.4 Å². The van der Waals surface area contributed by atoms with Crippen molar-refractivity contribution in [1.82, 2.24) is 24.8 Å². The van der Waals surface area contributed by atoms with E-state index in [1.165, 1.54) is 4.68 Å². The smallest absolute Gasteiger partial charge is 0.249 e. The normalized spacial score (nSPS) is 17.0. The third-order valence-corrected chi connectivity index (χ3v) is 4.55. The number of benzene rings is 1. The van der Waals surface area contributed by atoms with E-state index in [1.807, 2.05) is 37.3 Å². The van der Waals surface area contributed by atoms with Gasteiger partial charge >= 0.3 is 0 Å². The van der Waals surface area contributed by atoms with Crippen LogP contribution in [0.4, 0.5) is 5.82 Å². The first-order valence-corrected chi connectivity index (χ1v) is 8.60. The van der Waals surface area contributed by atoms with E-state index in [9.17, 15) is 4.79 Å². The molecular weight excluding hydrogens is 332 g/mol. The fraction of sp³-hybridized carbons (Fsp3) is 0.333. The maximum atomic E-state index is 12.8. The van der Waals surface area contributed by atoms with E-state index in [-0.39, 0.29) is 18.5 Å². The Morgan fingerprint density at radius 1 is 1.35 bits per heavy atom. The molecule has 2 N–H and O–H groups in total. The second kappa shape index (κ2) is 6.62. The van der Waals surface area contributed by atoms with E-state index in [0.717, 1.165) is 24.1 Å². The summed E-state index contributed by atoms with van der Waals surface area (Å²) in [6, 6.07) is 11.2. The lowest BCUT2D eigenvalue weighted by Crippen LogP contribution is -2.34. The number of amides is 1. The molecule has 0 aliphatic carbocycles. The highest BCUT2D eigenvalue weighted by Crippen LogP contribution is 2.32. The molecule has 2 aromatic heterocycles. The van der Waals surface area contributed by atoms with Gasteiger partial charge in [-0.1, -0.05) is 35.5 Å². The van der Waals surface area contributed by atoms with Gasteiger partial charge in [-0.15, -0.1) is 0 Å². The van der Waals surface area contributed by atoms with Crippen molar-refractivity contribution in [3.8, 4) is 11.4 Å². The molecule has 1 aliphatic heterocycles. The number of nitrogens with two attached hydrogens (primary N) is 1. The molecule has 1 aromatic carbocycles. The number of nitrogen functional groups attached to an aromatic ring is 1. The van der Waals surface area contributed by atoms with Crippen LogP contribution in [0.1, 0.15) is 30.5 Å². The van der Waals surface area contributed by atoms with Crippen molar-refractivity contribution in [1.29, 1.82) is 0 Å². The third-order valence-electron chi connectivity index (χ3n) is 4.55. The zero-order valence-electron chi connectivity index (χ0n) is 14.5. The summed E-state index contributed by atoms with van der Waals surface area (Å²) in [4.78, 5) is 19.0. The molecule has 134 valence electrons. The monoisotopic (exact) mass is 352 g/mol. The minimum Gasteiger partial charge on any atom is -0.384 e. The van der Waals surface area contributed by atoms with Crippen molar-refractivity contribution in [3.05, 3.63) is 48.0 Å². The highest BCUT2D eigenvalue weighted by Gasteiger charge is 2.34. The van der Waals surface area contributed by atoms with Gasteiger partial charge in [-0.2, -0.15) is 10.1 Å². The Kier molecular flexibility index (Phi) is 4.16. The van der Waals surface area contributed by atoms with Crippen molar-refractivity contribution in [2.24, 2.45) is 0 Å². The van der Waals surface area contributed by atoms with Crippen LogP contribution >= 0.6 is 0 Å². The molecule has 1 amide bonds. The first kappa shape index (κ1) is 16.3. The summed E-state index contributed by atoms with van der Waals surface area (Å²) >= 11 is 0. The number of hydrogen-bond acceptors (Lipinski definition) is 6.